The highest BCUT2D eigenvalue weighted by Gasteiger charge is 2.48. The number of fused-ring (bicyclic) bond motifs is 1. The summed E-state index contributed by atoms with van der Waals surface area (Å²) in [6, 6.07) is 0. The lowest BCUT2D eigenvalue weighted by Crippen LogP contribution is -2.57. The summed E-state index contributed by atoms with van der Waals surface area (Å²) in [5.41, 5.74) is 0.252. The summed E-state index contributed by atoms with van der Waals surface area (Å²) in [6.45, 7) is 12.2. The van der Waals surface area contributed by atoms with E-state index in [-0.39, 0.29) is 17.5 Å². The third kappa shape index (κ3) is 3.27. The van der Waals surface area contributed by atoms with E-state index in [1.54, 1.807) is 4.68 Å². The van der Waals surface area contributed by atoms with Gasteiger partial charge in [-0.3, -0.25) is 0 Å². The molecule has 1 aliphatic rings. The first kappa shape index (κ1) is 16.4. The lowest BCUT2D eigenvalue weighted by molar-refractivity contribution is -0.816. The fraction of sp³-hybridized carbons (Fsp3) is 0.875. The minimum Gasteiger partial charge on any atom is -0.197 e. The minimum atomic E-state index is -2.82. The molecule has 5 heteroatoms. The second-order valence-electron chi connectivity index (χ2n) is 8.36. The van der Waals surface area contributed by atoms with Crippen LogP contribution in [0.1, 0.15) is 72.2 Å². The number of H-pyrrole nitrogens is 1. The number of aromatic amines is 1. The van der Waals surface area contributed by atoms with Gasteiger partial charge in [0.25, 0.3) is 0 Å². The Bertz CT molecular complexity index is 507. The van der Waals surface area contributed by atoms with Crippen molar-refractivity contribution in [2.45, 2.75) is 78.7 Å². The Morgan fingerprint density at radius 2 is 1.76 bits per heavy atom. The SMILES string of the molecule is CC(C)(C)C1CCc2n[nH][n+](C(C)(C)C)c2C(F)(F)CC1. The van der Waals surface area contributed by atoms with Crippen LogP contribution in [0.25, 0.3) is 0 Å². The second-order valence-corrected chi connectivity index (χ2v) is 8.36. The molecule has 0 radical (unpaired) electrons. The molecular weight excluding hydrogens is 272 g/mol. The third-order valence-electron chi connectivity index (χ3n) is 4.56. The Kier molecular flexibility index (Phi) is 3.92. The van der Waals surface area contributed by atoms with Crippen molar-refractivity contribution in [3.8, 4) is 0 Å². The lowest BCUT2D eigenvalue weighted by Gasteiger charge is -2.33. The van der Waals surface area contributed by atoms with E-state index >= 15 is 0 Å². The Morgan fingerprint density at radius 3 is 2.29 bits per heavy atom. The van der Waals surface area contributed by atoms with Gasteiger partial charge in [0.15, 0.2) is 0 Å². The Balaban J connectivity index is 2.42. The van der Waals surface area contributed by atoms with Gasteiger partial charge in [0.1, 0.15) is 5.54 Å². The first-order valence-electron chi connectivity index (χ1n) is 7.81. The van der Waals surface area contributed by atoms with Crippen LogP contribution in [0, 0.1) is 11.3 Å². The summed E-state index contributed by atoms with van der Waals surface area (Å²) in [6.07, 6.45) is 2.00. The van der Waals surface area contributed by atoms with Crippen LogP contribution in [0.4, 0.5) is 8.78 Å². The zero-order valence-corrected chi connectivity index (χ0v) is 14.1. The van der Waals surface area contributed by atoms with E-state index in [4.69, 9.17) is 0 Å². The van der Waals surface area contributed by atoms with Crippen LogP contribution < -0.4 is 4.68 Å². The van der Waals surface area contributed by atoms with Gasteiger partial charge in [0.05, 0.1) is 0 Å². The standard InChI is InChI=1S/C16H27F2N3/c1-14(2,3)11-7-8-12-13(16(17,18)10-9-11)21(20-19-12)15(4,5)6/h11H,7-10H2,1-6H3/p+1. The molecule has 21 heavy (non-hydrogen) atoms. The van der Waals surface area contributed by atoms with E-state index in [2.05, 4.69) is 31.1 Å². The molecule has 0 amide bonds. The first-order chi connectivity index (χ1) is 9.43. The van der Waals surface area contributed by atoms with Crippen molar-refractivity contribution in [1.82, 2.24) is 10.3 Å². The van der Waals surface area contributed by atoms with Gasteiger partial charge in [0.2, 0.25) is 11.4 Å². The summed E-state index contributed by atoms with van der Waals surface area (Å²) in [4.78, 5) is 0. The van der Waals surface area contributed by atoms with Crippen molar-refractivity contribution in [3.63, 3.8) is 0 Å². The van der Waals surface area contributed by atoms with Crippen LogP contribution in [0.5, 0.6) is 0 Å². The van der Waals surface area contributed by atoms with Crippen LogP contribution in [-0.2, 0) is 17.9 Å². The van der Waals surface area contributed by atoms with Crippen molar-refractivity contribution >= 4 is 0 Å². The molecule has 120 valence electrons. The molecule has 0 fully saturated rings. The summed E-state index contributed by atoms with van der Waals surface area (Å²) in [5.74, 6) is -2.52. The van der Waals surface area contributed by atoms with Crippen molar-refractivity contribution in [2.24, 2.45) is 11.3 Å². The highest BCUT2D eigenvalue weighted by Crippen LogP contribution is 2.42. The van der Waals surface area contributed by atoms with E-state index in [9.17, 15) is 8.78 Å². The zero-order valence-electron chi connectivity index (χ0n) is 14.1. The number of hydrogen-bond donors (Lipinski definition) is 1. The summed E-state index contributed by atoms with van der Waals surface area (Å²) in [5, 5.41) is 7.00. The van der Waals surface area contributed by atoms with E-state index < -0.39 is 11.5 Å². The first-order valence-corrected chi connectivity index (χ1v) is 7.81. The van der Waals surface area contributed by atoms with Crippen molar-refractivity contribution in [3.05, 3.63) is 11.4 Å². The van der Waals surface area contributed by atoms with Gasteiger partial charge in [-0.15, -0.1) is 4.68 Å². The van der Waals surface area contributed by atoms with E-state index in [0.29, 0.717) is 24.5 Å². The molecule has 1 heterocycles. The van der Waals surface area contributed by atoms with Crippen molar-refractivity contribution < 1.29 is 13.5 Å². The normalized spacial score (nSPS) is 23.3. The average molecular weight is 300 g/mol. The maximum atomic E-state index is 14.7. The Morgan fingerprint density at radius 1 is 1.14 bits per heavy atom. The molecule has 1 aromatic heterocycles. The number of nitrogens with one attached hydrogen (secondary N) is 1. The molecule has 0 saturated heterocycles. The topological polar surface area (TPSA) is 32.6 Å². The molecule has 1 aromatic rings. The van der Waals surface area contributed by atoms with Gasteiger partial charge in [-0.2, -0.15) is 8.78 Å². The number of halogens is 2. The van der Waals surface area contributed by atoms with Crippen LogP contribution in [0.15, 0.2) is 0 Å². The highest BCUT2D eigenvalue weighted by atomic mass is 19.3. The van der Waals surface area contributed by atoms with Gasteiger partial charge in [-0.25, -0.2) is 0 Å². The van der Waals surface area contributed by atoms with Crippen molar-refractivity contribution in [1.29, 1.82) is 0 Å². The molecule has 1 unspecified atom stereocenters. The predicted molar refractivity (Wildman–Crippen MR) is 78.2 cm³/mol. The van der Waals surface area contributed by atoms with E-state index in [1.807, 2.05) is 20.8 Å². The fourth-order valence-corrected chi connectivity index (χ4v) is 3.17. The van der Waals surface area contributed by atoms with Crippen LogP contribution in [0.3, 0.4) is 0 Å². The number of hydrogen-bond acceptors (Lipinski definition) is 1. The molecule has 0 aliphatic heterocycles. The molecule has 0 aromatic carbocycles. The quantitative estimate of drug-likeness (QED) is 0.723. The molecular formula is C16H28F2N3+. The number of aryl methyl sites for hydroxylation is 1. The number of aromatic nitrogens is 3. The van der Waals surface area contributed by atoms with Gasteiger partial charge in [0, 0.05) is 17.9 Å². The summed E-state index contributed by atoms with van der Waals surface area (Å²) in [7, 11) is 0. The van der Waals surface area contributed by atoms with Gasteiger partial charge in [-0.1, -0.05) is 26.0 Å². The maximum Gasteiger partial charge on any atom is 0.314 e. The van der Waals surface area contributed by atoms with Crippen molar-refractivity contribution in [2.75, 3.05) is 0 Å². The number of rotatable bonds is 0. The summed E-state index contributed by atoms with van der Waals surface area (Å²) >= 11 is 0. The van der Waals surface area contributed by atoms with Gasteiger partial charge >= 0.3 is 5.92 Å². The molecule has 0 saturated carbocycles. The van der Waals surface area contributed by atoms with Crippen LogP contribution in [0.2, 0.25) is 0 Å². The molecule has 0 spiro atoms. The molecule has 1 N–H and O–H groups in total. The lowest BCUT2D eigenvalue weighted by atomic mass is 9.73. The fourth-order valence-electron chi connectivity index (χ4n) is 3.17. The van der Waals surface area contributed by atoms with Gasteiger partial charge in [-0.05, 0) is 44.9 Å². The zero-order chi connectivity index (χ0) is 16.1. The summed E-state index contributed by atoms with van der Waals surface area (Å²) < 4.78 is 31.0. The Hall–Kier alpha value is -1.00. The monoisotopic (exact) mass is 300 g/mol. The molecule has 0 bridgehead atoms. The number of alkyl halides is 2. The molecule has 1 aliphatic carbocycles. The molecule has 1 atom stereocenters. The van der Waals surface area contributed by atoms with E-state index in [0.717, 1.165) is 6.42 Å². The second kappa shape index (κ2) is 5.03. The van der Waals surface area contributed by atoms with Crippen LogP contribution >= 0.6 is 0 Å². The number of nitrogens with zero attached hydrogens (tertiary/aromatic N) is 2. The van der Waals surface area contributed by atoms with Gasteiger partial charge < -0.3 is 0 Å². The molecule has 3 nitrogen and oxygen atoms in total. The van der Waals surface area contributed by atoms with E-state index in [1.165, 1.54) is 0 Å². The maximum absolute atomic E-state index is 14.7. The van der Waals surface area contributed by atoms with Crippen LogP contribution in [-0.4, -0.2) is 10.3 Å². The average Bonchev–Trinajstić information content (AvgIpc) is 2.68. The minimum absolute atomic E-state index is 0.0594. The smallest absolute Gasteiger partial charge is 0.197 e. The predicted octanol–water partition coefficient (Wildman–Crippen LogP) is 3.93. The largest absolute Gasteiger partial charge is 0.314 e. The Labute approximate surface area is 126 Å². The highest BCUT2D eigenvalue weighted by molar-refractivity contribution is 5.12. The third-order valence-corrected chi connectivity index (χ3v) is 4.56. The molecule has 2 rings (SSSR count).